The van der Waals surface area contributed by atoms with Crippen LogP contribution in [-0.4, -0.2) is 11.0 Å². The Kier molecular flexibility index (Phi) is 1.61. The van der Waals surface area contributed by atoms with Crippen LogP contribution >= 0.6 is 22.7 Å². The molecule has 0 spiro atoms. The van der Waals surface area contributed by atoms with Gasteiger partial charge in [-0.1, -0.05) is 0 Å². The molecule has 3 aromatic rings. The Bertz CT molecular complexity index is 468. The van der Waals surface area contributed by atoms with Crippen LogP contribution in [-0.2, 0) is 0 Å². The number of rotatable bonds is 0. The Morgan fingerprint density at radius 2 is 1.62 bits per heavy atom. The van der Waals surface area contributed by atoms with Gasteiger partial charge in [-0.2, -0.15) is 0 Å². The lowest BCUT2D eigenvalue weighted by Crippen LogP contribution is -1.61. The van der Waals surface area contributed by atoms with Crippen molar-refractivity contribution in [3.63, 3.8) is 0 Å². The first kappa shape index (κ1) is 6.63. The summed E-state index contributed by atoms with van der Waals surface area (Å²) in [6.07, 6.45) is 0. The predicted octanol–water partition coefficient (Wildman–Crippen LogP) is 3.20. The maximum atomic E-state index is 5.75. The molecule has 1 radical (unpaired) electrons. The minimum absolute atomic E-state index is 0.500. The summed E-state index contributed by atoms with van der Waals surface area (Å²) in [5.41, 5.74) is 0. The number of hydrogen-bond acceptors (Lipinski definition) is 2. The summed E-state index contributed by atoms with van der Waals surface area (Å²) in [6, 6.07) is 8.90. The van der Waals surface area contributed by atoms with Gasteiger partial charge >= 0.3 is 0 Å². The van der Waals surface area contributed by atoms with Crippen molar-refractivity contribution >= 4 is 51.2 Å². The largest absolute Gasteiger partial charge is 0.144 e. The van der Waals surface area contributed by atoms with E-state index in [2.05, 4.69) is 35.0 Å². The summed E-state index contributed by atoms with van der Waals surface area (Å²) in [5, 5.41) is 7.03. The van der Waals surface area contributed by atoms with Gasteiger partial charge in [0.05, 0.1) is 8.34 Å². The Hall–Kier alpha value is -0.795. The normalized spacial score (nSPS) is 11.7. The van der Waals surface area contributed by atoms with Gasteiger partial charge in [0.15, 0.2) is 0 Å². The fourth-order valence-corrected chi connectivity index (χ4v) is 3.06. The van der Waals surface area contributed by atoms with Crippen LogP contribution in [0, 0.1) is 0 Å². The van der Waals surface area contributed by atoms with Crippen molar-refractivity contribution < 1.29 is 0 Å². The molecule has 0 aliphatic heterocycles. The van der Waals surface area contributed by atoms with Crippen molar-refractivity contribution in [2.45, 2.75) is 0 Å². The molecule has 0 amide bonds. The van der Waals surface area contributed by atoms with E-state index in [4.69, 9.17) is 2.67 Å². The van der Waals surface area contributed by atoms with Crippen LogP contribution in [0.15, 0.2) is 35.0 Å². The molecule has 1 aromatic carbocycles. The first-order valence-corrected chi connectivity index (χ1v) is 5.54. The molecule has 0 saturated carbocycles. The number of thiophene rings is 2. The molecule has 2 heterocycles. The first-order valence-electron chi connectivity index (χ1n) is 4.93. The van der Waals surface area contributed by atoms with Crippen LogP contribution in [0.5, 0.6) is 0 Å². The third kappa shape index (κ3) is 1.28. The van der Waals surface area contributed by atoms with Gasteiger partial charge in [-0.3, -0.25) is 0 Å². The quantitative estimate of drug-likeness (QED) is 0.495. The second kappa shape index (κ2) is 3.16. The second-order valence-electron chi connectivity index (χ2n) is 2.77. The smallest absolute Gasteiger partial charge is 0.0643 e. The molecular formula is C10H8BS2. The Balaban J connectivity index is 0.000000258. The molecule has 13 heavy (non-hydrogen) atoms. The molecule has 0 unspecified atom stereocenters. The lowest BCUT2D eigenvalue weighted by atomic mass is 10.2. The molecule has 0 nitrogen and oxygen atoms in total. The summed E-state index contributed by atoms with van der Waals surface area (Å²) < 4.78 is 14.3. The van der Waals surface area contributed by atoms with E-state index < -0.39 is 0 Å². The Morgan fingerprint density at radius 1 is 1.15 bits per heavy atom. The predicted molar refractivity (Wildman–Crippen MR) is 65.8 cm³/mol. The van der Waals surface area contributed by atoms with Gasteiger partial charge in [0.2, 0.25) is 0 Å². The van der Waals surface area contributed by atoms with Gasteiger partial charge in [-0.05, 0) is 48.5 Å². The third-order valence-electron chi connectivity index (χ3n) is 2.03. The fourth-order valence-electron chi connectivity index (χ4n) is 1.42. The standard InChI is InChI=1S/C10H6S2.BH2/c1-3-11-9-6-8-2-4-12-10(8)5-7(1)9;/h1-6H;1H2/i;1TD. The lowest BCUT2D eigenvalue weighted by molar-refractivity contribution is 2.04. The molecule has 3 rings (SSSR count). The van der Waals surface area contributed by atoms with Crippen LogP contribution in [0.25, 0.3) is 20.2 Å². The SMILES string of the molecule is [2H][B][3H].c1cc2cc3sccc3cc2s1. The van der Waals surface area contributed by atoms with E-state index >= 15 is 0 Å². The second-order valence-corrected chi connectivity index (χ2v) is 4.66. The van der Waals surface area contributed by atoms with Crippen LogP contribution < -0.4 is 0 Å². The van der Waals surface area contributed by atoms with E-state index in [0.29, 0.717) is 8.34 Å². The minimum Gasteiger partial charge on any atom is -0.144 e. The maximum Gasteiger partial charge on any atom is 0.0643 e. The van der Waals surface area contributed by atoms with Crippen molar-refractivity contribution in [1.29, 1.82) is 2.67 Å². The minimum atomic E-state index is 0.500. The van der Waals surface area contributed by atoms with Crippen molar-refractivity contribution in [1.82, 2.24) is 0 Å². The topological polar surface area (TPSA) is 0 Å². The molecular weight excluding hydrogens is 195 g/mol. The molecule has 0 atom stereocenters. The highest BCUT2D eigenvalue weighted by Crippen LogP contribution is 2.29. The first-order chi connectivity index (χ1) is 7.35. The Morgan fingerprint density at radius 3 is 2.08 bits per heavy atom. The molecule has 0 aliphatic rings. The zero-order valence-corrected chi connectivity index (χ0v) is 8.49. The van der Waals surface area contributed by atoms with E-state index in [0.717, 1.165) is 0 Å². The van der Waals surface area contributed by atoms with E-state index in [-0.39, 0.29) is 0 Å². The number of benzene rings is 1. The third-order valence-corrected chi connectivity index (χ3v) is 3.79. The number of hydrogen-bond donors (Lipinski definition) is 0. The highest BCUT2D eigenvalue weighted by molar-refractivity contribution is 7.18. The van der Waals surface area contributed by atoms with Crippen molar-refractivity contribution in [3.05, 3.63) is 35.0 Å². The number of fused-ring (bicyclic) bond motifs is 2. The van der Waals surface area contributed by atoms with E-state index in [1.165, 1.54) is 20.2 Å². The molecule has 0 fully saturated rings. The molecule has 0 aliphatic carbocycles. The molecule has 0 bridgehead atoms. The van der Waals surface area contributed by atoms with Crippen molar-refractivity contribution in [2.24, 2.45) is 0 Å². The average Bonchev–Trinajstić information content (AvgIpc) is 2.81. The summed E-state index contributed by atoms with van der Waals surface area (Å²) in [5.74, 6) is 0. The van der Waals surface area contributed by atoms with Gasteiger partial charge < -0.3 is 0 Å². The van der Waals surface area contributed by atoms with Crippen LogP contribution in [0.3, 0.4) is 0 Å². The van der Waals surface area contributed by atoms with Gasteiger partial charge in [0.25, 0.3) is 0 Å². The van der Waals surface area contributed by atoms with Gasteiger partial charge in [-0.25, -0.2) is 0 Å². The van der Waals surface area contributed by atoms with E-state index in [1.54, 1.807) is 0 Å². The monoisotopic (exact) mass is 206 g/mol. The van der Waals surface area contributed by atoms with Crippen LogP contribution in [0.1, 0.15) is 0 Å². The summed E-state index contributed by atoms with van der Waals surface area (Å²) in [6.45, 7) is 0. The summed E-state index contributed by atoms with van der Waals surface area (Å²) in [4.78, 5) is 0. The van der Waals surface area contributed by atoms with Gasteiger partial charge in [-0.15, -0.1) is 22.7 Å². The van der Waals surface area contributed by atoms with E-state index in [1.807, 2.05) is 22.7 Å². The molecule has 0 N–H and O–H groups in total. The van der Waals surface area contributed by atoms with Gasteiger partial charge in [0.1, 0.15) is 0 Å². The maximum absolute atomic E-state index is 5.75. The van der Waals surface area contributed by atoms with E-state index in [9.17, 15) is 0 Å². The highest BCUT2D eigenvalue weighted by atomic mass is 32.1. The van der Waals surface area contributed by atoms with Gasteiger partial charge in [0, 0.05) is 9.40 Å². The summed E-state index contributed by atoms with van der Waals surface area (Å²) in [7, 11) is 0.500. The van der Waals surface area contributed by atoms with Crippen molar-refractivity contribution in [3.8, 4) is 0 Å². The lowest BCUT2D eigenvalue weighted by Gasteiger charge is -1.89. The fraction of sp³-hybridized carbons (Fsp3) is 0. The Labute approximate surface area is 89.1 Å². The van der Waals surface area contributed by atoms with Crippen LogP contribution in [0.2, 0.25) is 0 Å². The molecule has 3 heteroatoms. The zero-order chi connectivity index (χ0) is 10.7. The molecule has 63 valence electrons. The molecule has 0 saturated heterocycles. The summed E-state index contributed by atoms with van der Waals surface area (Å²) >= 11 is 3.62. The average molecular weight is 206 g/mol. The van der Waals surface area contributed by atoms with Crippen LogP contribution in [0.4, 0.5) is 0 Å². The molecule has 2 aromatic heterocycles. The zero-order valence-electron chi connectivity index (χ0n) is 8.86. The highest BCUT2D eigenvalue weighted by Gasteiger charge is 1.98. The van der Waals surface area contributed by atoms with Crippen molar-refractivity contribution in [2.75, 3.05) is 0 Å².